The van der Waals surface area contributed by atoms with Crippen LogP contribution in [0.25, 0.3) is 0 Å². The fourth-order valence-corrected chi connectivity index (χ4v) is 0. The smallest absolute Gasteiger partial charge is 0 e. The van der Waals surface area contributed by atoms with Crippen LogP contribution < -0.4 is 0 Å². The van der Waals surface area contributed by atoms with Crippen LogP contribution in [-0.2, 0) is 0 Å². The number of hydrogen-bond donors (Lipinski definition) is 0. The maximum absolute atomic E-state index is 4.83. The van der Waals surface area contributed by atoms with Crippen molar-refractivity contribution in [3.8, 4) is 0 Å². The number of halogens is 2. The molecule has 4 heteroatoms. The molecule has 3 radical (unpaired) electrons. The third-order valence-electron chi connectivity index (χ3n) is 0. The van der Waals surface area contributed by atoms with E-state index >= 15 is 0 Å². The van der Waals surface area contributed by atoms with Crippen molar-refractivity contribution in [3.63, 3.8) is 0 Å². The van der Waals surface area contributed by atoms with Crippen molar-refractivity contribution in [1.82, 2.24) is 0 Å². The Kier molecular flexibility index (Phi) is 20.1. The summed E-state index contributed by atoms with van der Waals surface area (Å²) < 4.78 is 0. The third kappa shape index (κ3) is 9.65. The van der Waals surface area contributed by atoms with Crippen LogP contribution in [-0.4, -0.2) is 13.1 Å². The molecular weight excluding hydrogens is 181 g/mol. The predicted molar refractivity (Wildman–Crippen MR) is 24.4 cm³/mol. The second-order valence-corrected chi connectivity index (χ2v) is 2.73. The van der Waals surface area contributed by atoms with E-state index in [0.29, 0.717) is 0 Å². The molecule has 0 aliphatic rings. The molecule has 0 rings (SSSR count). The number of rotatable bonds is 0. The van der Waals surface area contributed by atoms with E-state index in [2.05, 4.69) is 0 Å². The molecule has 0 nitrogen and oxygen atoms in total. The quantitative estimate of drug-likeness (QED) is 0.395. The van der Waals surface area contributed by atoms with Gasteiger partial charge in [0.15, 0.2) is 0 Å². The van der Waals surface area contributed by atoms with Gasteiger partial charge in [-0.25, -0.2) is 0 Å². The van der Waals surface area contributed by atoms with Crippen molar-refractivity contribution in [3.05, 3.63) is 0 Å². The van der Waals surface area contributed by atoms with Crippen molar-refractivity contribution in [2.75, 3.05) is 0 Å². The van der Waals surface area contributed by atoms with Crippen LogP contribution >= 0.6 is 30.1 Å². The van der Waals surface area contributed by atoms with Crippen molar-refractivity contribution in [2.24, 2.45) is 0 Å². The second kappa shape index (κ2) is 8.82. The van der Waals surface area contributed by atoms with E-state index in [4.69, 9.17) is 20.2 Å². The fraction of sp³-hybridized carbons (Fsp3) is 0. The zero-order valence-electron chi connectivity index (χ0n) is 1.61. The van der Waals surface area contributed by atoms with Crippen molar-refractivity contribution in [2.45, 2.75) is 0 Å². The minimum atomic E-state index is -0.181. The Morgan fingerprint density at radius 1 is 1.25 bits per heavy atom. The van der Waals surface area contributed by atoms with Crippen LogP contribution in [0.5, 0.6) is 0 Å². The zero-order chi connectivity index (χ0) is 2.71. The molecule has 0 aromatic carbocycles. The van der Waals surface area contributed by atoms with E-state index in [9.17, 15) is 0 Å². The Morgan fingerprint density at radius 3 is 1.25 bits per heavy atom. The first-order valence-corrected chi connectivity index (χ1v) is 4.81. The third-order valence-corrected chi connectivity index (χ3v) is 0. The van der Waals surface area contributed by atoms with Crippen molar-refractivity contribution >= 4 is 43.2 Å². The second-order valence-electron chi connectivity index (χ2n) is 0.0583. The molecule has 0 saturated carbocycles. The first-order chi connectivity index (χ1) is 1.41. The Bertz CT molecular complexity index is 6.00. The van der Waals surface area contributed by atoms with Crippen molar-refractivity contribution < 1.29 is 0 Å². The molecule has 0 bridgehead atoms. The van der Waals surface area contributed by atoms with E-state index in [0.717, 1.165) is 0 Å². The van der Waals surface area contributed by atoms with Gasteiger partial charge in [-0.15, -0.1) is 0 Å². The van der Waals surface area contributed by atoms with Gasteiger partial charge in [-0.3, -0.25) is 0 Å². The van der Waals surface area contributed by atoms with Crippen molar-refractivity contribution in [1.29, 1.82) is 0 Å². The molecule has 0 aromatic heterocycles. The van der Waals surface area contributed by atoms with E-state index in [1.807, 2.05) is 0 Å². The van der Waals surface area contributed by atoms with Gasteiger partial charge in [0.05, 0.1) is 0 Å². The molecule has 0 atom stereocenters. The summed E-state index contributed by atoms with van der Waals surface area (Å²) in [5.41, 5.74) is 0. The van der Waals surface area contributed by atoms with E-state index in [-0.39, 0.29) is 23.0 Å². The summed E-state index contributed by atoms with van der Waals surface area (Å²) >= 11 is -0.181. The Hall–Kier alpha value is 1.53. The van der Waals surface area contributed by atoms with Crippen LogP contribution in [0.15, 0.2) is 0 Å². The van der Waals surface area contributed by atoms with Gasteiger partial charge in [-0.2, -0.15) is 0 Å². The molecule has 0 unspecified atom stereocenters. The molecule has 0 aliphatic carbocycles. The minimum absolute atomic E-state index is 0. The standard InChI is InChI=1S/Cl2Se.P/c1-3-2;. The molecule has 0 fully saturated rings. The Labute approximate surface area is 43.5 Å². The zero-order valence-corrected chi connectivity index (χ0v) is 5.73. The fourth-order valence-electron chi connectivity index (χ4n) is 0. The van der Waals surface area contributed by atoms with Crippen LogP contribution in [0.4, 0.5) is 0 Å². The van der Waals surface area contributed by atoms with Gasteiger partial charge in [0, 0.05) is 9.90 Å². The van der Waals surface area contributed by atoms with Gasteiger partial charge in [0.2, 0.25) is 0 Å². The van der Waals surface area contributed by atoms with Crippen LogP contribution in [0.3, 0.4) is 0 Å². The summed E-state index contributed by atoms with van der Waals surface area (Å²) in [6, 6.07) is 0. The van der Waals surface area contributed by atoms with E-state index in [1.54, 1.807) is 0 Å². The molecule has 0 spiro atoms. The Morgan fingerprint density at radius 2 is 1.25 bits per heavy atom. The van der Waals surface area contributed by atoms with E-state index in [1.165, 1.54) is 0 Å². The summed E-state index contributed by atoms with van der Waals surface area (Å²) in [4.78, 5) is 0. The maximum Gasteiger partial charge on any atom is 0 e. The van der Waals surface area contributed by atoms with Gasteiger partial charge >= 0.3 is 33.3 Å². The van der Waals surface area contributed by atoms with Crippen LogP contribution in [0, 0.1) is 0 Å². The van der Waals surface area contributed by atoms with Crippen LogP contribution in [0.1, 0.15) is 0 Å². The molecule has 0 aliphatic heterocycles. The van der Waals surface area contributed by atoms with E-state index < -0.39 is 0 Å². The largest absolute Gasteiger partial charge is 0 e. The predicted octanol–water partition coefficient (Wildman–Crippen LogP) is 1.86. The summed E-state index contributed by atoms with van der Waals surface area (Å²) in [6.45, 7) is 0. The molecule has 0 aromatic rings. The van der Waals surface area contributed by atoms with Gasteiger partial charge < -0.3 is 0 Å². The van der Waals surface area contributed by atoms with Gasteiger partial charge in [-0.05, 0) is 0 Å². The normalized spacial score (nSPS) is 4.50. The summed E-state index contributed by atoms with van der Waals surface area (Å²) in [5.74, 6) is 0. The first kappa shape index (κ1) is 9.11. The molecule has 0 heterocycles. The van der Waals surface area contributed by atoms with Gasteiger partial charge in [0.25, 0.3) is 0 Å². The van der Waals surface area contributed by atoms with Crippen LogP contribution in [0.2, 0.25) is 0 Å². The van der Waals surface area contributed by atoms with Gasteiger partial charge in [-0.1, -0.05) is 0 Å². The summed E-state index contributed by atoms with van der Waals surface area (Å²) in [5, 5.41) is 0. The molecule has 0 N–H and O–H groups in total. The average molecular weight is 181 g/mol. The monoisotopic (exact) mass is 181 g/mol. The number of hydrogen-bond acceptors (Lipinski definition) is 0. The van der Waals surface area contributed by atoms with Gasteiger partial charge in [0.1, 0.15) is 0 Å². The first-order valence-electron chi connectivity index (χ1n) is 0.309. The Balaban J connectivity index is 0. The maximum atomic E-state index is 4.83. The SMILES string of the molecule is Cl[Se]Cl.[P]. The molecule has 0 amide bonds. The minimum Gasteiger partial charge on any atom is 0 e. The molecule has 0 saturated heterocycles. The topological polar surface area (TPSA) is 0 Å². The molecule has 25 valence electrons. The summed E-state index contributed by atoms with van der Waals surface area (Å²) in [7, 11) is 9.65. The summed E-state index contributed by atoms with van der Waals surface area (Å²) in [6.07, 6.45) is 0. The molecular formula is Cl2PSe. The molecule has 4 heavy (non-hydrogen) atoms. The average Bonchev–Trinajstić information content (AvgIpc) is 0.918.